The maximum atomic E-state index is 10.7. The van der Waals surface area contributed by atoms with Gasteiger partial charge in [0, 0.05) is 5.92 Å². The zero-order valence-corrected chi connectivity index (χ0v) is 9.21. The Kier molecular flexibility index (Phi) is 2.91. The SMILES string of the molecule is CC(C)c1noc(C2CCC(C(=O)O)O2)n1. The van der Waals surface area contributed by atoms with Crippen molar-refractivity contribution in [2.24, 2.45) is 0 Å². The molecule has 2 heterocycles. The molecule has 0 saturated carbocycles. The lowest BCUT2D eigenvalue weighted by Gasteiger charge is -2.05. The first-order valence-corrected chi connectivity index (χ1v) is 5.29. The maximum absolute atomic E-state index is 10.7. The highest BCUT2D eigenvalue weighted by molar-refractivity contribution is 5.72. The highest BCUT2D eigenvalue weighted by Gasteiger charge is 2.34. The van der Waals surface area contributed by atoms with Crippen molar-refractivity contribution >= 4 is 5.97 Å². The standard InChI is InChI=1S/C10H14N2O4/c1-5(2)8-11-9(16-12-8)6-3-4-7(15-6)10(13)14/h5-7H,3-4H2,1-2H3,(H,13,14). The molecule has 1 aliphatic rings. The van der Waals surface area contributed by atoms with E-state index in [9.17, 15) is 4.79 Å². The molecule has 0 spiro atoms. The minimum atomic E-state index is -0.939. The number of hydrogen-bond acceptors (Lipinski definition) is 5. The zero-order chi connectivity index (χ0) is 11.7. The largest absolute Gasteiger partial charge is 0.479 e. The van der Waals surface area contributed by atoms with Crippen LogP contribution in [0.5, 0.6) is 0 Å². The summed E-state index contributed by atoms with van der Waals surface area (Å²) >= 11 is 0. The van der Waals surface area contributed by atoms with Gasteiger partial charge in [-0.1, -0.05) is 19.0 Å². The van der Waals surface area contributed by atoms with E-state index in [0.717, 1.165) is 0 Å². The lowest BCUT2D eigenvalue weighted by atomic mass is 10.2. The van der Waals surface area contributed by atoms with E-state index in [4.69, 9.17) is 14.4 Å². The van der Waals surface area contributed by atoms with E-state index in [1.807, 2.05) is 13.8 Å². The van der Waals surface area contributed by atoms with Crippen LogP contribution in [0.25, 0.3) is 0 Å². The van der Waals surface area contributed by atoms with Crippen LogP contribution in [0, 0.1) is 0 Å². The van der Waals surface area contributed by atoms with Crippen molar-refractivity contribution in [2.45, 2.75) is 44.8 Å². The smallest absolute Gasteiger partial charge is 0.332 e. The van der Waals surface area contributed by atoms with Crippen LogP contribution >= 0.6 is 0 Å². The van der Waals surface area contributed by atoms with E-state index in [1.54, 1.807) is 0 Å². The number of ether oxygens (including phenoxy) is 1. The zero-order valence-electron chi connectivity index (χ0n) is 9.21. The fourth-order valence-corrected chi connectivity index (χ4v) is 1.61. The van der Waals surface area contributed by atoms with Crippen LogP contribution in [-0.2, 0) is 9.53 Å². The minimum absolute atomic E-state index is 0.189. The molecule has 0 bridgehead atoms. The van der Waals surface area contributed by atoms with Crippen molar-refractivity contribution in [1.29, 1.82) is 0 Å². The molecule has 1 aromatic rings. The predicted molar refractivity (Wildman–Crippen MR) is 52.9 cm³/mol. The fraction of sp³-hybridized carbons (Fsp3) is 0.700. The van der Waals surface area contributed by atoms with Crippen LogP contribution in [0.15, 0.2) is 4.52 Å². The number of rotatable bonds is 3. The maximum Gasteiger partial charge on any atom is 0.332 e. The van der Waals surface area contributed by atoms with Crippen molar-refractivity contribution in [2.75, 3.05) is 0 Å². The third-order valence-corrected chi connectivity index (χ3v) is 2.54. The Labute approximate surface area is 92.6 Å². The highest BCUT2D eigenvalue weighted by Crippen LogP contribution is 2.32. The van der Waals surface area contributed by atoms with Crippen LogP contribution in [0.4, 0.5) is 0 Å². The molecule has 2 rings (SSSR count). The Morgan fingerprint density at radius 1 is 1.50 bits per heavy atom. The second kappa shape index (κ2) is 4.21. The molecule has 0 aliphatic carbocycles. The summed E-state index contributed by atoms with van der Waals surface area (Å²) in [7, 11) is 0. The summed E-state index contributed by atoms with van der Waals surface area (Å²) < 4.78 is 10.4. The quantitative estimate of drug-likeness (QED) is 0.840. The van der Waals surface area contributed by atoms with Gasteiger partial charge in [-0.3, -0.25) is 0 Å². The van der Waals surface area contributed by atoms with Crippen molar-refractivity contribution in [3.05, 3.63) is 11.7 Å². The summed E-state index contributed by atoms with van der Waals surface area (Å²) in [4.78, 5) is 14.9. The molecule has 2 unspecified atom stereocenters. The summed E-state index contributed by atoms with van der Waals surface area (Å²) in [6.45, 7) is 3.92. The Balaban J connectivity index is 2.06. The Hall–Kier alpha value is -1.43. The monoisotopic (exact) mass is 226 g/mol. The molecule has 6 nitrogen and oxygen atoms in total. The third-order valence-electron chi connectivity index (χ3n) is 2.54. The molecule has 16 heavy (non-hydrogen) atoms. The molecule has 1 N–H and O–H groups in total. The second-order valence-corrected chi connectivity index (χ2v) is 4.17. The number of carbonyl (C=O) groups is 1. The normalized spacial score (nSPS) is 25.2. The average molecular weight is 226 g/mol. The summed E-state index contributed by atoms with van der Waals surface area (Å²) in [6, 6.07) is 0. The molecule has 88 valence electrons. The molecule has 0 radical (unpaired) electrons. The second-order valence-electron chi connectivity index (χ2n) is 4.17. The summed E-state index contributed by atoms with van der Waals surface area (Å²) in [5.41, 5.74) is 0. The van der Waals surface area contributed by atoms with Crippen LogP contribution in [0.1, 0.15) is 50.4 Å². The molecule has 1 saturated heterocycles. The Morgan fingerprint density at radius 3 is 2.75 bits per heavy atom. The van der Waals surface area contributed by atoms with Gasteiger partial charge in [-0.05, 0) is 12.8 Å². The van der Waals surface area contributed by atoms with E-state index in [-0.39, 0.29) is 12.0 Å². The highest BCUT2D eigenvalue weighted by atomic mass is 16.5. The molecule has 1 aliphatic heterocycles. The van der Waals surface area contributed by atoms with Gasteiger partial charge in [-0.15, -0.1) is 0 Å². The fourth-order valence-electron chi connectivity index (χ4n) is 1.61. The van der Waals surface area contributed by atoms with Crippen LogP contribution < -0.4 is 0 Å². The predicted octanol–water partition coefficient (Wildman–Crippen LogP) is 1.50. The number of aromatic nitrogens is 2. The summed E-state index contributed by atoms with van der Waals surface area (Å²) in [5.74, 6) is 0.255. The molecular formula is C10H14N2O4. The lowest BCUT2D eigenvalue weighted by molar-refractivity contribution is -0.150. The van der Waals surface area contributed by atoms with E-state index in [1.165, 1.54) is 0 Å². The molecule has 0 amide bonds. The Bertz CT molecular complexity index is 388. The molecule has 6 heteroatoms. The van der Waals surface area contributed by atoms with Crippen molar-refractivity contribution in [3.63, 3.8) is 0 Å². The molecule has 1 aromatic heterocycles. The van der Waals surface area contributed by atoms with Crippen molar-refractivity contribution < 1.29 is 19.2 Å². The van der Waals surface area contributed by atoms with Gasteiger partial charge in [-0.25, -0.2) is 4.79 Å². The number of carboxylic acid groups (broad SMARTS) is 1. The first-order valence-electron chi connectivity index (χ1n) is 5.29. The number of carboxylic acids is 1. The van der Waals surface area contributed by atoms with Crippen molar-refractivity contribution in [1.82, 2.24) is 10.1 Å². The first-order chi connectivity index (χ1) is 7.58. The van der Waals surface area contributed by atoms with E-state index in [2.05, 4.69) is 10.1 Å². The molecule has 1 fully saturated rings. The van der Waals surface area contributed by atoms with Gasteiger partial charge in [-0.2, -0.15) is 4.98 Å². The van der Waals surface area contributed by atoms with Gasteiger partial charge in [0.1, 0.15) is 6.10 Å². The van der Waals surface area contributed by atoms with Gasteiger partial charge in [0.2, 0.25) is 0 Å². The van der Waals surface area contributed by atoms with Gasteiger partial charge < -0.3 is 14.4 Å². The van der Waals surface area contributed by atoms with Gasteiger partial charge in [0.25, 0.3) is 5.89 Å². The number of hydrogen-bond donors (Lipinski definition) is 1. The van der Waals surface area contributed by atoms with Crippen LogP contribution in [0.3, 0.4) is 0 Å². The summed E-state index contributed by atoms with van der Waals surface area (Å²) in [6.07, 6.45) is -0.0312. The third kappa shape index (κ3) is 2.06. The molecular weight excluding hydrogens is 212 g/mol. The minimum Gasteiger partial charge on any atom is -0.479 e. The summed E-state index contributed by atoms with van der Waals surface area (Å²) in [5, 5.41) is 12.6. The number of aliphatic carboxylic acids is 1. The van der Waals surface area contributed by atoms with E-state index < -0.39 is 12.1 Å². The Morgan fingerprint density at radius 2 is 2.25 bits per heavy atom. The lowest BCUT2D eigenvalue weighted by Crippen LogP contribution is -2.18. The van der Waals surface area contributed by atoms with Crippen LogP contribution in [-0.4, -0.2) is 27.3 Å². The van der Waals surface area contributed by atoms with Crippen molar-refractivity contribution in [3.8, 4) is 0 Å². The van der Waals surface area contributed by atoms with Gasteiger partial charge >= 0.3 is 5.97 Å². The van der Waals surface area contributed by atoms with E-state index in [0.29, 0.717) is 24.6 Å². The van der Waals surface area contributed by atoms with Crippen LogP contribution in [0.2, 0.25) is 0 Å². The van der Waals surface area contributed by atoms with Gasteiger partial charge in [0.15, 0.2) is 11.9 Å². The van der Waals surface area contributed by atoms with E-state index >= 15 is 0 Å². The molecule has 2 atom stereocenters. The first kappa shape index (κ1) is 11.1. The van der Waals surface area contributed by atoms with Gasteiger partial charge in [0.05, 0.1) is 0 Å². The average Bonchev–Trinajstić information content (AvgIpc) is 2.86. The molecule has 0 aromatic carbocycles. The number of nitrogens with zero attached hydrogens (tertiary/aromatic N) is 2. The topological polar surface area (TPSA) is 85.5 Å².